The van der Waals surface area contributed by atoms with E-state index in [9.17, 15) is 4.79 Å². The highest BCUT2D eigenvalue weighted by molar-refractivity contribution is 5.90. The SMILES string of the molecule is C=C(/C=C\C(=C)c1ccc(OC)cc1)OC(=O)c1ccc(OC)cc1. The largest absolute Gasteiger partial charge is 0.497 e. The molecule has 0 N–H and O–H groups in total. The van der Waals surface area contributed by atoms with Crippen molar-refractivity contribution in [2.24, 2.45) is 0 Å². The first-order valence-electron chi connectivity index (χ1n) is 7.60. The Morgan fingerprint density at radius 3 is 1.76 bits per heavy atom. The number of esters is 1. The third kappa shape index (κ3) is 5.11. The maximum atomic E-state index is 12.0. The van der Waals surface area contributed by atoms with Gasteiger partial charge in [0.25, 0.3) is 0 Å². The van der Waals surface area contributed by atoms with Gasteiger partial charge < -0.3 is 14.2 Å². The molecule has 0 saturated heterocycles. The molecule has 128 valence electrons. The zero-order valence-corrected chi connectivity index (χ0v) is 14.3. The molecule has 0 atom stereocenters. The number of benzene rings is 2. The number of carbonyl (C=O) groups excluding carboxylic acids is 1. The lowest BCUT2D eigenvalue weighted by molar-refractivity contribution is 0.0638. The number of ether oxygens (including phenoxy) is 3. The van der Waals surface area contributed by atoms with Crippen molar-refractivity contribution in [2.45, 2.75) is 0 Å². The van der Waals surface area contributed by atoms with Gasteiger partial charge in [-0.3, -0.25) is 0 Å². The van der Waals surface area contributed by atoms with Gasteiger partial charge in [0.2, 0.25) is 0 Å². The Hall–Kier alpha value is -3.27. The van der Waals surface area contributed by atoms with Crippen molar-refractivity contribution in [1.29, 1.82) is 0 Å². The van der Waals surface area contributed by atoms with Crippen molar-refractivity contribution in [2.75, 3.05) is 14.2 Å². The van der Waals surface area contributed by atoms with Crippen molar-refractivity contribution in [3.63, 3.8) is 0 Å². The molecule has 2 aromatic rings. The third-order valence-corrected chi connectivity index (χ3v) is 3.48. The zero-order chi connectivity index (χ0) is 18.2. The minimum Gasteiger partial charge on any atom is -0.497 e. The van der Waals surface area contributed by atoms with Crippen LogP contribution in [0.4, 0.5) is 0 Å². The summed E-state index contributed by atoms with van der Waals surface area (Å²) < 4.78 is 15.4. The minimum absolute atomic E-state index is 0.232. The highest BCUT2D eigenvalue weighted by Crippen LogP contribution is 2.19. The van der Waals surface area contributed by atoms with Crippen LogP contribution in [0.1, 0.15) is 15.9 Å². The Kier molecular flexibility index (Phi) is 6.18. The maximum absolute atomic E-state index is 12.0. The second-order valence-electron chi connectivity index (χ2n) is 5.17. The van der Waals surface area contributed by atoms with Crippen LogP contribution in [0.25, 0.3) is 5.57 Å². The van der Waals surface area contributed by atoms with E-state index in [-0.39, 0.29) is 5.76 Å². The van der Waals surface area contributed by atoms with Crippen LogP contribution in [-0.2, 0) is 4.74 Å². The number of methoxy groups -OCH3 is 2. The Labute approximate surface area is 147 Å². The van der Waals surface area contributed by atoms with E-state index in [0.29, 0.717) is 11.3 Å². The molecular weight excluding hydrogens is 316 g/mol. The number of hydrogen-bond acceptors (Lipinski definition) is 4. The second kappa shape index (κ2) is 8.55. The summed E-state index contributed by atoms with van der Waals surface area (Å²) in [4.78, 5) is 12.0. The number of allylic oxidation sites excluding steroid dienone is 3. The van der Waals surface area contributed by atoms with E-state index in [1.807, 2.05) is 24.3 Å². The summed E-state index contributed by atoms with van der Waals surface area (Å²) in [6, 6.07) is 14.2. The first kappa shape index (κ1) is 18.1. The van der Waals surface area contributed by atoms with Gasteiger partial charge in [0.15, 0.2) is 0 Å². The van der Waals surface area contributed by atoms with Gasteiger partial charge in [0.05, 0.1) is 19.8 Å². The fourth-order valence-corrected chi connectivity index (χ4v) is 2.03. The standard InChI is InChI=1S/C21H20O4/c1-15(17-7-11-19(23-3)12-8-17)5-6-16(2)25-21(22)18-9-13-20(24-4)14-10-18/h5-14H,1-2H2,3-4H3/b6-5-. The van der Waals surface area contributed by atoms with Crippen molar-refractivity contribution < 1.29 is 19.0 Å². The lowest BCUT2D eigenvalue weighted by atomic mass is 10.1. The number of rotatable bonds is 7. The minimum atomic E-state index is -0.479. The highest BCUT2D eigenvalue weighted by Gasteiger charge is 2.08. The third-order valence-electron chi connectivity index (χ3n) is 3.48. The van der Waals surface area contributed by atoms with Gasteiger partial charge in [0.1, 0.15) is 17.3 Å². The molecule has 0 aromatic heterocycles. The van der Waals surface area contributed by atoms with E-state index in [1.165, 1.54) is 0 Å². The lowest BCUT2D eigenvalue weighted by Gasteiger charge is -2.06. The normalized spacial score (nSPS) is 10.3. The number of carbonyl (C=O) groups is 1. The van der Waals surface area contributed by atoms with Gasteiger partial charge in [0, 0.05) is 0 Å². The predicted molar refractivity (Wildman–Crippen MR) is 98.7 cm³/mol. The topological polar surface area (TPSA) is 44.8 Å². The summed E-state index contributed by atoms with van der Waals surface area (Å²) in [6.07, 6.45) is 3.35. The molecule has 4 nitrogen and oxygen atoms in total. The Bertz CT molecular complexity index is 784. The van der Waals surface area contributed by atoms with Crippen LogP contribution in [0.15, 0.2) is 79.6 Å². The van der Waals surface area contributed by atoms with Crippen LogP contribution in [0.3, 0.4) is 0 Å². The van der Waals surface area contributed by atoms with E-state index >= 15 is 0 Å². The first-order valence-corrected chi connectivity index (χ1v) is 7.60. The van der Waals surface area contributed by atoms with Crippen molar-refractivity contribution in [1.82, 2.24) is 0 Å². The summed E-state index contributed by atoms with van der Waals surface area (Å²) in [5, 5.41) is 0. The van der Waals surface area contributed by atoms with Gasteiger partial charge in [-0.05, 0) is 53.6 Å². The molecule has 4 heteroatoms. The Morgan fingerprint density at radius 1 is 0.800 bits per heavy atom. The molecule has 0 bridgehead atoms. The fraction of sp³-hybridized carbons (Fsp3) is 0.0952. The van der Waals surface area contributed by atoms with Crippen LogP contribution in [0, 0.1) is 0 Å². The van der Waals surface area contributed by atoms with Crippen LogP contribution >= 0.6 is 0 Å². The quantitative estimate of drug-likeness (QED) is 0.420. The monoisotopic (exact) mass is 336 g/mol. The van der Waals surface area contributed by atoms with Crippen LogP contribution < -0.4 is 9.47 Å². The predicted octanol–water partition coefficient (Wildman–Crippen LogP) is 4.64. The van der Waals surface area contributed by atoms with Crippen molar-refractivity contribution >= 4 is 11.5 Å². The molecule has 0 aliphatic carbocycles. The average Bonchev–Trinajstić information content (AvgIpc) is 2.66. The summed E-state index contributed by atoms with van der Waals surface area (Å²) in [5.41, 5.74) is 2.12. The Morgan fingerprint density at radius 2 is 1.28 bits per heavy atom. The van der Waals surface area contributed by atoms with Gasteiger partial charge in [-0.2, -0.15) is 0 Å². The Balaban J connectivity index is 1.94. The molecule has 0 spiro atoms. The smallest absolute Gasteiger partial charge is 0.343 e. The van der Waals surface area contributed by atoms with Gasteiger partial charge >= 0.3 is 5.97 Å². The summed E-state index contributed by atoms with van der Waals surface area (Å²) in [6.45, 7) is 7.72. The zero-order valence-electron chi connectivity index (χ0n) is 14.3. The first-order chi connectivity index (χ1) is 12.0. The van der Waals surface area contributed by atoms with Crippen molar-refractivity contribution in [3.05, 3.63) is 90.7 Å². The molecule has 2 rings (SSSR count). The van der Waals surface area contributed by atoms with Crippen LogP contribution in [0.2, 0.25) is 0 Å². The van der Waals surface area contributed by atoms with E-state index in [0.717, 1.165) is 16.9 Å². The summed E-state index contributed by atoms with van der Waals surface area (Å²) in [5.74, 6) is 1.20. The molecule has 0 unspecified atom stereocenters. The molecule has 0 aliphatic heterocycles. The van der Waals surface area contributed by atoms with E-state index in [4.69, 9.17) is 14.2 Å². The van der Waals surface area contributed by atoms with E-state index in [1.54, 1.807) is 50.6 Å². The van der Waals surface area contributed by atoms with Gasteiger partial charge in [-0.1, -0.05) is 31.4 Å². The molecule has 2 aromatic carbocycles. The van der Waals surface area contributed by atoms with Crippen LogP contribution in [0.5, 0.6) is 11.5 Å². The van der Waals surface area contributed by atoms with Crippen molar-refractivity contribution in [3.8, 4) is 11.5 Å². The molecule has 0 radical (unpaired) electrons. The highest BCUT2D eigenvalue weighted by atomic mass is 16.5. The summed E-state index contributed by atoms with van der Waals surface area (Å²) in [7, 11) is 3.18. The lowest BCUT2D eigenvalue weighted by Crippen LogP contribution is -2.03. The molecule has 0 amide bonds. The molecule has 0 saturated carbocycles. The average molecular weight is 336 g/mol. The molecular formula is C21H20O4. The molecule has 0 fully saturated rings. The number of hydrogen-bond donors (Lipinski definition) is 0. The van der Waals surface area contributed by atoms with E-state index in [2.05, 4.69) is 13.2 Å². The van der Waals surface area contributed by atoms with Crippen LogP contribution in [-0.4, -0.2) is 20.2 Å². The second-order valence-corrected chi connectivity index (χ2v) is 5.17. The molecule has 0 aliphatic rings. The maximum Gasteiger partial charge on any atom is 0.343 e. The fourth-order valence-electron chi connectivity index (χ4n) is 2.03. The van der Waals surface area contributed by atoms with E-state index < -0.39 is 5.97 Å². The van der Waals surface area contributed by atoms with Gasteiger partial charge in [-0.15, -0.1) is 0 Å². The molecule has 25 heavy (non-hydrogen) atoms. The van der Waals surface area contributed by atoms with Gasteiger partial charge in [-0.25, -0.2) is 4.79 Å². The molecule has 0 heterocycles. The summed E-state index contributed by atoms with van der Waals surface area (Å²) >= 11 is 0.